The lowest BCUT2D eigenvalue weighted by molar-refractivity contribution is 0.446. The van der Waals surface area contributed by atoms with Gasteiger partial charge in [0.1, 0.15) is 5.65 Å². The second-order valence-electron chi connectivity index (χ2n) is 7.83. The molecule has 2 aromatic heterocycles. The molecule has 0 spiro atoms. The average molecular weight is 391 g/mol. The number of H-pyrrole nitrogens is 1. The molecule has 8 nitrogen and oxygen atoms in total. The molecule has 5 rings (SSSR count). The van der Waals surface area contributed by atoms with Crippen molar-refractivity contribution in [3.63, 3.8) is 0 Å². The van der Waals surface area contributed by atoms with E-state index < -0.39 is 0 Å². The summed E-state index contributed by atoms with van der Waals surface area (Å²) in [6, 6.07) is 7.65. The Hall–Kier alpha value is -3.13. The van der Waals surface area contributed by atoms with E-state index in [4.69, 9.17) is 5.10 Å². The summed E-state index contributed by atoms with van der Waals surface area (Å²) >= 11 is 0. The van der Waals surface area contributed by atoms with Crippen molar-refractivity contribution in [3.8, 4) is 0 Å². The first kappa shape index (κ1) is 17.9. The highest BCUT2D eigenvalue weighted by Gasteiger charge is 2.22. The average Bonchev–Trinajstić information content (AvgIpc) is 3.06. The number of anilines is 1. The van der Waals surface area contributed by atoms with Crippen LogP contribution in [-0.4, -0.2) is 39.7 Å². The molecule has 0 aliphatic carbocycles. The second-order valence-corrected chi connectivity index (χ2v) is 7.83. The molecular weight excluding hydrogens is 366 g/mol. The third kappa shape index (κ3) is 3.29. The van der Waals surface area contributed by atoms with Crippen LogP contribution in [-0.2, 0) is 0 Å². The lowest BCUT2D eigenvalue weighted by Gasteiger charge is -2.23. The van der Waals surface area contributed by atoms with Crippen molar-refractivity contribution in [1.29, 1.82) is 0 Å². The number of aromatic amines is 1. The molecule has 2 aliphatic rings. The fourth-order valence-corrected chi connectivity index (χ4v) is 4.37. The van der Waals surface area contributed by atoms with Crippen molar-refractivity contribution in [2.75, 3.05) is 18.4 Å². The van der Waals surface area contributed by atoms with Gasteiger partial charge in [0.05, 0.1) is 22.3 Å². The van der Waals surface area contributed by atoms with E-state index in [1.807, 2.05) is 42.6 Å². The van der Waals surface area contributed by atoms with Crippen LogP contribution in [0.5, 0.6) is 0 Å². The SMILES string of the molecule is CC1=CC(C)=NC(Nc2cccc3nn4c(C5CCNCC5)cc(=O)[nH]c4c23)N1. The van der Waals surface area contributed by atoms with Crippen LogP contribution in [0.3, 0.4) is 0 Å². The van der Waals surface area contributed by atoms with Crippen LogP contribution in [0.4, 0.5) is 5.69 Å². The first-order chi connectivity index (χ1) is 14.1. The van der Waals surface area contributed by atoms with E-state index in [2.05, 4.69) is 25.9 Å². The molecule has 0 saturated carbocycles. The van der Waals surface area contributed by atoms with E-state index in [0.717, 1.165) is 65.3 Å². The Bertz CT molecular complexity index is 1200. The Morgan fingerprint density at radius 3 is 2.83 bits per heavy atom. The smallest absolute Gasteiger partial charge is 0.251 e. The molecule has 0 radical (unpaired) electrons. The number of fused-ring (bicyclic) bond motifs is 3. The number of aromatic nitrogens is 3. The van der Waals surface area contributed by atoms with Gasteiger partial charge in [-0.2, -0.15) is 5.10 Å². The number of rotatable bonds is 3. The molecule has 1 saturated heterocycles. The number of aliphatic imine (C=N–C) groups is 1. The predicted octanol–water partition coefficient (Wildman–Crippen LogP) is 2.31. The summed E-state index contributed by atoms with van der Waals surface area (Å²) < 4.78 is 1.92. The van der Waals surface area contributed by atoms with Crippen LogP contribution in [0.2, 0.25) is 0 Å². The fourth-order valence-electron chi connectivity index (χ4n) is 4.37. The molecule has 0 bridgehead atoms. The van der Waals surface area contributed by atoms with Crippen LogP contribution in [0.25, 0.3) is 16.6 Å². The van der Waals surface area contributed by atoms with Crippen LogP contribution in [0.15, 0.2) is 45.8 Å². The Morgan fingerprint density at radius 1 is 1.21 bits per heavy atom. The van der Waals surface area contributed by atoms with Gasteiger partial charge in [-0.15, -0.1) is 0 Å². The summed E-state index contributed by atoms with van der Waals surface area (Å²) in [5.74, 6) is 0.326. The maximum absolute atomic E-state index is 12.5. The van der Waals surface area contributed by atoms with Crippen molar-refractivity contribution in [2.45, 2.75) is 38.9 Å². The molecule has 3 aromatic rings. The van der Waals surface area contributed by atoms with Crippen molar-refractivity contribution in [3.05, 3.63) is 52.1 Å². The highest BCUT2D eigenvalue weighted by molar-refractivity contribution is 6.02. The summed E-state index contributed by atoms with van der Waals surface area (Å²) in [6.07, 6.45) is 3.76. The molecule has 29 heavy (non-hydrogen) atoms. The second kappa shape index (κ2) is 7.04. The zero-order valence-corrected chi connectivity index (χ0v) is 16.6. The molecule has 0 amide bonds. The van der Waals surface area contributed by atoms with Crippen LogP contribution in [0.1, 0.15) is 38.3 Å². The zero-order chi connectivity index (χ0) is 20.0. The van der Waals surface area contributed by atoms with Gasteiger partial charge >= 0.3 is 0 Å². The predicted molar refractivity (Wildman–Crippen MR) is 116 cm³/mol. The minimum Gasteiger partial charge on any atom is -0.351 e. The summed E-state index contributed by atoms with van der Waals surface area (Å²) in [5.41, 5.74) is 5.38. The molecule has 150 valence electrons. The van der Waals surface area contributed by atoms with E-state index in [1.165, 1.54) is 0 Å². The maximum atomic E-state index is 12.5. The van der Waals surface area contributed by atoms with Crippen molar-refractivity contribution in [1.82, 2.24) is 25.2 Å². The quantitative estimate of drug-likeness (QED) is 0.549. The molecule has 1 aromatic carbocycles. The lowest BCUT2D eigenvalue weighted by Crippen LogP contribution is -2.36. The highest BCUT2D eigenvalue weighted by atomic mass is 16.1. The Morgan fingerprint density at radius 2 is 2.03 bits per heavy atom. The van der Waals surface area contributed by atoms with Gasteiger partial charge in [0.25, 0.3) is 5.56 Å². The van der Waals surface area contributed by atoms with Gasteiger partial charge in [0.15, 0.2) is 6.29 Å². The lowest BCUT2D eigenvalue weighted by atomic mass is 9.94. The van der Waals surface area contributed by atoms with Gasteiger partial charge in [0.2, 0.25) is 0 Å². The number of piperidine rings is 1. The van der Waals surface area contributed by atoms with Crippen LogP contribution < -0.4 is 21.5 Å². The van der Waals surface area contributed by atoms with Gasteiger partial charge in [-0.05, 0) is 58.0 Å². The summed E-state index contributed by atoms with van der Waals surface area (Å²) in [5, 5.41) is 15.9. The van der Waals surface area contributed by atoms with E-state index in [1.54, 1.807) is 6.07 Å². The highest BCUT2D eigenvalue weighted by Crippen LogP contribution is 2.30. The summed E-state index contributed by atoms with van der Waals surface area (Å²) in [4.78, 5) is 20.1. The topological polar surface area (TPSA) is 98.6 Å². The molecule has 2 aliphatic heterocycles. The molecule has 4 heterocycles. The summed E-state index contributed by atoms with van der Waals surface area (Å²) in [6.45, 7) is 5.93. The summed E-state index contributed by atoms with van der Waals surface area (Å²) in [7, 11) is 0. The number of nitrogens with zero attached hydrogens (tertiary/aromatic N) is 3. The zero-order valence-electron chi connectivity index (χ0n) is 16.6. The number of benzene rings is 1. The van der Waals surface area contributed by atoms with Crippen molar-refractivity contribution < 1.29 is 0 Å². The fraction of sp³-hybridized carbons (Fsp3) is 0.381. The number of allylic oxidation sites excluding steroid dienone is 2. The van der Waals surface area contributed by atoms with Crippen LogP contribution >= 0.6 is 0 Å². The van der Waals surface area contributed by atoms with Gasteiger partial charge < -0.3 is 20.9 Å². The third-order valence-electron chi connectivity index (χ3n) is 5.64. The Labute approximate surface area is 168 Å². The first-order valence-corrected chi connectivity index (χ1v) is 10.1. The number of hydrogen-bond acceptors (Lipinski definition) is 6. The molecule has 1 fully saturated rings. The molecule has 4 N–H and O–H groups in total. The van der Waals surface area contributed by atoms with E-state index >= 15 is 0 Å². The minimum absolute atomic E-state index is 0.0916. The molecule has 1 atom stereocenters. The van der Waals surface area contributed by atoms with Gasteiger partial charge in [-0.1, -0.05) is 6.07 Å². The minimum atomic E-state index is -0.264. The van der Waals surface area contributed by atoms with Crippen molar-refractivity contribution in [2.24, 2.45) is 4.99 Å². The molecule has 8 heteroatoms. The van der Waals surface area contributed by atoms with Gasteiger partial charge in [0, 0.05) is 23.4 Å². The van der Waals surface area contributed by atoms with E-state index in [-0.39, 0.29) is 11.8 Å². The number of hydrogen-bond donors (Lipinski definition) is 4. The first-order valence-electron chi connectivity index (χ1n) is 10.1. The van der Waals surface area contributed by atoms with Gasteiger partial charge in [-0.25, -0.2) is 9.51 Å². The van der Waals surface area contributed by atoms with Crippen LogP contribution in [0, 0.1) is 0 Å². The largest absolute Gasteiger partial charge is 0.351 e. The number of nitrogens with one attached hydrogen (secondary N) is 4. The monoisotopic (exact) mass is 391 g/mol. The molecular formula is C21H25N7O. The third-order valence-corrected chi connectivity index (χ3v) is 5.64. The van der Waals surface area contributed by atoms with E-state index in [0.29, 0.717) is 5.92 Å². The Kier molecular flexibility index (Phi) is 4.35. The Balaban J connectivity index is 1.63. The standard InChI is InChI=1S/C21H25N7O/c1-12-10-13(2)24-21(23-12)25-15-4-3-5-16-19(15)20-26-18(29)11-17(28(20)27-16)14-6-8-22-9-7-14/h3-5,10-11,14,21-23,25H,6-9H2,1-2H3,(H,26,29). The normalized spacial score (nSPS) is 20.4. The van der Waals surface area contributed by atoms with Crippen molar-refractivity contribution >= 4 is 27.9 Å². The maximum Gasteiger partial charge on any atom is 0.251 e. The van der Waals surface area contributed by atoms with E-state index in [9.17, 15) is 4.79 Å². The van der Waals surface area contributed by atoms with Gasteiger partial charge in [-0.3, -0.25) is 4.79 Å². The molecule has 1 unspecified atom stereocenters.